The standard InChI is InChI=1S/C21H16FN3O2S/c1-27-17-5-2-4-16(12-17)25-20(26)18-6-3-11-23-19(18)24-21(25)28-13-14-7-9-15(22)10-8-14/h2-12H,13H2,1H3. The molecule has 0 aliphatic rings. The third kappa shape index (κ3) is 3.61. The molecule has 0 aliphatic heterocycles. The second kappa shape index (κ2) is 7.82. The summed E-state index contributed by atoms with van der Waals surface area (Å²) in [4.78, 5) is 22.0. The summed E-state index contributed by atoms with van der Waals surface area (Å²) in [5.74, 6) is 0.898. The normalized spacial score (nSPS) is 10.9. The second-order valence-corrected chi connectivity index (χ2v) is 6.97. The molecule has 4 rings (SSSR count). The van der Waals surface area contributed by atoms with Crippen molar-refractivity contribution in [2.45, 2.75) is 10.9 Å². The van der Waals surface area contributed by atoms with Gasteiger partial charge < -0.3 is 4.74 Å². The van der Waals surface area contributed by atoms with Crippen molar-refractivity contribution in [3.63, 3.8) is 0 Å². The maximum absolute atomic E-state index is 13.2. The Kier molecular flexibility index (Phi) is 5.08. The highest BCUT2D eigenvalue weighted by Gasteiger charge is 2.14. The van der Waals surface area contributed by atoms with Crippen LogP contribution in [0.15, 0.2) is 76.8 Å². The number of rotatable bonds is 5. The first-order valence-corrected chi connectivity index (χ1v) is 9.54. The van der Waals surface area contributed by atoms with Gasteiger partial charge in [-0.3, -0.25) is 9.36 Å². The molecule has 5 nitrogen and oxygen atoms in total. The largest absolute Gasteiger partial charge is 0.497 e. The van der Waals surface area contributed by atoms with E-state index >= 15 is 0 Å². The fourth-order valence-corrected chi connectivity index (χ4v) is 3.76. The molecule has 0 saturated carbocycles. The Hall–Kier alpha value is -3.19. The lowest BCUT2D eigenvalue weighted by Crippen LogP contribution is -2.22. The molecule has 0 amide bonds. The number of fused-ring (bicyclic) bond motifs is 1. The van der Waals surface area contributed by atoms with Gasteiger partial charge in [-0.25, -0.2) is 14.4 Å². The van der Waals surface area contributed by atoms with E-state index in [0.29, 0.717) is 33.4 Å². The van der Waals surface area contributed by atoms with Crippen LogP contribution in [0.3, 0.4) is 0 Å². The summed E-state index contributed by atoms with van der Waals surface area (Å²) in [7, 11) is 1.58. The third-order valence-electron chi connectivity index (χ3n) is 4.21. The van der Waals surface area contributed by atoms with Crippen LogP contribution >= 0.6 is 11.8 Å². The third-order valence-corrected chi connectivity index (χ3v) is 5.22. The molecule has 0 unspecified atom stereocenters. The van der Waals surface area contributed by atoms with Gasteiger partial charge in [-0.1, -0.05) is 30.0 Å². The second-order valence-electron chi connectivity index (χ2n) is 6.03. The molecule has 0 saturated heterocycles. The SMILES string of the molecule is COc1cccc(-n2c(SCc3ccc(F)cc3)nc3ncccc3c2=O)c1. The predicted molar refractivity (Wildman–Crippen MR) is 108 cm³/mol. The summed E-state index contributed by atoms with van der Waals surface area (Å²) < 4.78 is 20.0. The Balaban J connectivity index is 1.83. The summed E-state index contributed by atoms with van der Waals surface area (Å²) >= 11 is 1.39. The molecule has 0 spiro atoms. The number of thioether (sulfide) groups is 1. The lowest BCUT2D eigenvalue weighted by atomic mass is 10.2. The molecular formula is C21H16FN3O2S. The van der Waals surface area contributed by atoms with Gasteiger partial charge in [-0.2, -0.15) is 0 Å². The van der Waals surface area contributed by atoms with Gasteiger partial charge in [-0.15, -0.1) is 0 Å². The van der Waals surface area contributed by atoms with E-state index in [4.69, 9.17) is 4.74 Å². The molecule has 0 atom stereocenters. The number of pyridine rings is 1. The molecule has 7 heteroatoms. The van der Waals surface area contributed by atoms with Crippen LogP contribution in [0.25, 0.3) is 16.7 Å². The molecule has 0 N–H and O–H groups in total. The lowest BCUT2D eigenvalue weighted by molar-refractivity contribution is 0.414. The highest BCUT2D eigenvalue weighted by molar-refractivity contribution is 7.98. The van der Waals surface area contributed by atoms with E-state index in [9.17, 15) is 9.18 Å². The molecule has 2 aromatic carbocycles. The molecule has 0 radical (unpaired) electrons. The highest BCUT2D eigenvalue weighted by Crippen LogP contribution is 2.25. The molecular weight excluding hydrogens is 377 g/mol. The topological polar surface area (TPSA) is 57.0 Å². The average molecular weight is 393 g/mol. The first-order chi connectivity index (χ1) is 13.7. The minimum absolute atomic E-state index is 0.201. The minimum Gasteiger partial charge on any atom is -0.497 e. The summed E-state index contributed by atoms with van der Waals surface area (Å²) in [6.07, 6.45) is 1.61. The van der Waals surface area contributed by atoms with E-state index in [-0.39, 0.29) is 11.4 Å². The van der Waals surface area contributed by atoms with Crippen LogP contribution in [0.1, 0.15) is 5.56 Å². The lowest BCUT2D eigenvalue weighted by Gasteiger charge is -2.13. The number of hydrogen-bond donors (Lipinski definition) is 0. The van der Waals surface area contributed by atoms with Gasteiger partial charge in [-0.05, 0) is 42.0 Å². The van der Waals surface area contributed by atoms with Crippen molar-refractivity contribution in [2.24, 2.45) is 0 Å². The van der Waals surface area contributed by atoms with E-state index in [1.807, 2.05) is 18.2 Å². The highest BCUT2D eigenvalue weighted by atomic mass is 32.2. The number of ether oxygens (including phenoxy) is 1. The Morgan fingerprint density at radius 2 is 1.93 bits per heavy atom. The summed E-state index contributed by atoms with van der Waals surface area (Å²) in [5.41, 5.74) is 1.78. The number of halogens is 1. The van der Waals surface area contributed by atoms with E-state index in [2.05, 4.69) is 9.97 Å². The first-order valence-electron chi connectivity index (χ1n) is 8.55. The van der Waals surface area contributed by atoms with Crippen LogP contribution in [0.4, 0.5) is 4.39 Å². The fourth-order valence-electron chi connectivity index (χ4n) is 2.80. The van der Waals surface area contributed by atoms with Gasteiger partial charge in [0.05, 0.1) is 18.2 Å². The van der Waals surface area contributed by atoms with E-state index in [1.54, 1.807) is 48.2 Å². The zero-order valence-corrected chi connectivity index (χ0v) is 15.8. The van der Waals surface area contributed by atoms with Crippen molar-refractivity contribution in [3.05, 3.63) is 88.6 Å². The average Bonchev–Trinajstić information content (AvgIpc) is 2.73. The number of methoxy groups -OCH3 is 1. The molecule has 0 aliphatic carbocycles. The Bertz CT molecular complexity index is 1190. The fraction of sp³-hybridized carbons (Fsp3) is 0.0952. The zero-order chi connectivity index (χ0) is 19.5. The van der Waals surface area contributed by atoms with Crippen molar-refractivity contribution in [1.82, 2.24) is 14.5 Å². The maximum atomic E-state index is 13.2. The van der Waals surface area contributed by atoms with Crippen molar-refractivity contribution in [1.29, 1.82) is 0 Å². The van der Waals surface area contributed by atoms with Gasteiger partial charge in [0.25, 0.3) is 5.56 Å². The Morgan fingerprint density at radius 3 is 2.71 bits per heavy atom. The van der Waals surface area contributed by atoms with E-state index in [0.717, 1.165) is 5.56 Å². The molecule has 0 bridgehead atoms. The summed E-state index contributed by atoms with van der Waals surface area (Å²) in [5, 5.41) is 0.949. The molecule has 0 fully saturated rings. The number of aromatic nitrogens is 3. The van der Waals surface area contributed by atoms with Crippen molar-refractivity contribution in [3.8, 4) is 11.4 Å². The van der Waals surface area contributed by atoms with Crippen LogP contribution in [-0.4, -0.2) is 21.6 Å². The van der Waals surface area contributed by atoms with Gasteiger partial charge in [0, 0.05) is 18.0 Å². The van der Waals surface area contributed by atoms with Gasteiger partial charge >= 0.3 is 0 Å². The van der Waals surface area contributed by atoms with E-state index < -0.39 is 0 Å². The molecule has 4 aromatic rings. The molecule has 2 heterocycles. The molecule has 140 valence electrons. The summed E-state index contributed by atoms with van der Waals surface area (Å²) in [6.45, 7) is 0. The van der Waals surface area contributed by atoms with Crippen LogP contribution in [-0.2, 0) is 5.75 Å². The van der Waals surface area contributed by atoms with Gasteiger partial charge in [0.2, 0.25) is 0 Å². The monoisotopic (exact) mass is 393 g/mol. The van der Waals surface area contributed by atoms with Crippen molar-refractivity contribution >= 4 is 22.8 Å². The van der Waals surface area contributed by atoms with Gasteiger partial charge in [0.15, 0.2) is 10.8 Å². The Labute approximate surface area is 164 Å². The number of nitrogens with zero attached hydrogens (tertiary/aromatic N) is 3. The van der Waals surface area contributed by atoms with Crippen molar-refractivity contribution < 1.29 is 9.13 Å². The number of benzene rings is 2. The summed E-state index contributed by atoms with van der Waals surface area (Å²) in [6, 6.07) is 16.9. The van der Waals surface area contributed by atoms with Crippen LogP contribution in [0, 0.1) is 5.82 Å². The number of hydrogen-bond acceptors (Lipinski definition) is 5. The van der Waals surface area contributed by atoms with E-state index in [1.165, 1.54) is 23.9 Å². The Morgan fingerprint density at radius 1 is 1.11 bits per heavy atom. The molecule has 2 aromatic heterocycles. The predicted octanol–water partition coefficient (Wildman–Crippen LogP) is 4.22. The van der Waals surface area contributed by atoms with Crippen LogP contribution in [0.2, 0.25) is 0 Å². The zero-order valence-electron chi connectivity index (χ0n) is 15.0. The quantitative estimate of drug-likeness (QED) is 0.375. The maximum Gasteiger partial charge on any atom is 0.268 e. The molecule has 28 heavy (non-hydrogen) atoms. The first kappa shape index (κ1) is 18.2. The van der Waals surface area contributed by atoms with Crippen LogP contribution < -0.4 is 10.3 Å². The minimum atomic E-state index is -0.282. The van der Waals surface area contributed by atoms with Crippen LogP contribution in [0.5, 0.6) is 5.75 Å². The van der Waals surface area contributed by atoms with Crippen molar-refractivity contribution in [2.75, 3.05) is 7.11 Å². The van der Waals surface area contributed by atoms with Gasteiger partial charge in [0.1, 0.15) is 11.6 Å². The smallest absolute Gasteiger partial charge is 0.268 e.